The zero-order valence-electron chi connectivity index (χ0n) is 17.2. The third-order valence-electron chi connectivity index (χ3n) is 4.22. The fourth-order valence-corrected chi connectivity index (χ4v) is 2.59. The highest BCUT2D eigenvalue weighted by atomic mass is 127. The highest BCUT2D eigenvalue weighted by Crippen LogP contribution is 2.22. The summed E-state index contributed by atoms with van der Waals surface area (Å²) in [6.45, 7) is 7.55. The first-order valence-corrected chi connectivity index (χ1v) is 9.51. The first kappa shape index (κ1) is 23.7. The number of hydrogen-bond donors (Lipinski definition) is 2. The quantitative estimate of drug-likeness (QED) is 0.256. The first-order chi connectivity index (χ1) is 14.0. The molecule has 3 rings (SSSR count). The summed E-state index contributed by atoms with van der Waals surface area (Å²) < 4.78 is 24.3. The van der Waals surface area contributed by atoms with Crippen molar-refractivity contribution < 1.29 is 13.5 Å². The first-order valence-electron chi connectivity index (χ1n) is 9.51. The number of aliphatic imine (C=N–C) groups is 1. The molecular formula is C22H26FIN4O2. The molecule has 0 amide bonds. The molecule has 3 aromatic rings. The molecule has 8 heteroatoms. The predicted molar refractivity (Wildman–Crippen MR) is 126 cm³/mol. The Hall–Kier alpha value is -2.62. The SMILES string of the molecule is CCNC(=NCc1ccc(Oc2ccc(F)cc2)cc1)NCc1nc(C)c(C)o1.I. The minimum atomic E-state index is -0.288. The van der Waals surface area contributed by atoms with Gasteiger partial charge in [0.2, 0.25) is 5.89 Å². The Labute approximate surface area is 193 Å². The molecule has 0 aliphatic heterocycles. The van der Waals surface area contributed by atoms with Crippen molar-refractivity contribution in [3.05, 3.63) is 77.3 Å². The van der Waals surface area contributed by atoms with Crippen LogP contribution in [0.1, 0.15) is 29.8 Å². The van der Waals surface area contributed by atoms with E-state index >= 15 is 0 Å². The van der Waals surface area contributed by atoms with E-state index in [4.69, 9.17) is 9.15 Å². The maximum Gasteiger partial charge on any atom is 0.214 e. The van der Waals surface area contributed by atoms with Crippen molar-refractivity contribution in [2.75, 3.05) is 6.54 Å². The van der Waals surface area contributed by atoms with Crippen molar-refractivity contribution in [2.45, 2.75) is 33.9 Å². The molecule has 0 radical (unpaired) electrons. The van der Waals surface area contributed by atoms with E-state index in [1.807, 2.05) is 45.0 Å². The molecule has 2 aromatic carbocycles. The van der Waals surface area contributed by atoms with Crippen molar-refractivity contribution in [3.8, 4) is 11.5 Å². The molecular weight excluding hydrogens is 498 g/mol. The van der Waals surface area contributed by atoms with Crippen LogP contribution in [0.2, 0.25) is 0 Å². The standard InChI is InChI=1S/C22H25FN4O2.HI/c1-4-24-22(26-14-21-27-15(2)16(3)28-21)25-13-17-5-9-19(10-6-17)29-20-11-7-18(23)8-12-20;/h5-12H,4,13-14H2,1-3H3,(H2,24,25,26);1H. The topological polar surface area (TPSA) is 71.7 Å². The lowest BCUT2D eigenvalue weighted by Gasteiger charge is -2.10. The van der Waals surface area contributed by atoms with Crippen molar-refractivity contribution in [2.24, 2.45) is 4.99 Å². The number of guanidine groups is 1. The number of aryl methyl sites for hydroxylation is 2. The highest BCUT2D eigenvalue weighted by Gasteiger charge is 2.06. The summed E-state index contributed by atoms with van der Waals surface area (Å²) in [7, 11) is 0. The molecule has 0 aliphatic carbocycles. The number of rotatable bonds is 7. The summed E-state index contributed by atoms with van der Waals surface area (Å²) in [6, 6.07) is 13.6. The number of aromatic nitrogens is 1. The van der Waals surface area contributed by atoms with Crippen LogP contribution in [-0.2, 0) is 13.1 Å². The molecule has 160 valence electrons. The van der Waals surface area contributed by atoms with Crippen LogP contribution in [0.3, 0.4) is 0 Å². The summed E-state index contributed by atoms with van der Waals surface area (Å²) in [4.78, 5) is 8.96. The van der Waals surface area contributed by atoms with Gasteiger partial charge in [-0.2, -0.15) is 0 Å². The second-order valence-electron chi connectivity index (χ2n) is 6.50. The van der Waals surface area contributed by atoms with Crippen molar-refractivity contribution in [1.29, 1.82) is 0 Å². The summed E-state index contributed by atoms with van der Waals surface area (Å²) in [6.07, 6.45) is 0. The molecule has 0 aliphatic rings. The van der Waals surface area contributed by atoms with E-state index in [0.717, 1.165) is 23.6 Å². The van der Waals surface area contributed by atoms with Gasteiger partial charge in [0.05, 0.1) is 18.8 Å². The van der Waals surface area contributed by atoms with E-state index in [0.29, 0.717) is 36.4 Å². The number of oxazole rings is 1. The maximum absolute atomic E-state index is 13.0. The fraction of sp³-hybridized carbons (Fsp3) is 0.273. The van der Waals surface area contributed by atoms with Gasteiger partial charge in [0.25, 0.3) is 0 Å². The number of nitrogens with one attached hydrogen (secondary N) is 2. The zero-order valence-corrected chi connectivity index (χ0v) is 19.6. The molecule has 0 atom stereocenters. The smallest absolute Gasteiger partial charge is 0.214 e. The van der Waals surface area contributed by atoms with Gasteiger partial charge in [-0.15, -0.1) is 24.0 Å². The molecule has 0 saturated heterocycles. The zero-order chi connectivity index (χ0) is 20.6. The van der Waals surface area contributed by atoms with Crippen molar-refractivity contribution >= 4 is 29.9 Å². The fourth-order valence-electron chi connectivity index (χ4n) is 2.59. The minimum absolute atomic E-state index is 0. The molecule has 0 fully saturated rings. The van der Waals surface area contributed by atoms with Crippen LogP contribution in [0.25, 0.3) is 0 Å². The van der Waals surface area contributed by atoms with Gasteiger partial charge >= 0.3 is 0 Å². The van der Waals surface area contributed by atoms with Gasteiger partial charge in [-0.25, -0.2) is 14.4 Å². The van der Waals surface area contributed by atoms with Crippen molar-refractivity contribution in [3.63, 3.8) is 0 Å². The summed E-state index contributed by atoms with van der Waals surface area (Å²) >= 11 is 0. The lowest BCUT2D eigenvalue weighted by molar-refractivity contribution is 0.463. The van der Waals surface area contributed by atoms with Crippen LogP contribution >= 0.6 is 24.0 Å². The molecule has 2 N–H and O–H groups in total. The largest absolute Gasteiger partial charge is 0.457 e. The van der Waals surface area contributed by atoms with Gasteiger partial charge in [-0.3, -0.25) is 0 Å². The lowest BCUT2D eigenvalue weighted by atomic mass is 10.2. The van der Waals surface area contributed by atoms with Gasteiger partial charge in [-0.1, -0.05) is 12.1 Å². The van der Waals surface area contributed by atoms with E-state index in [1.165, 1.54) is 12.1 Å². The van der Waals surface area contributed by atoms with Gasteiger partial charge in [0.1, 0.15) is 23.1 Å². The van der Waals surface area contributed by atoms with Gasteiger partial charge in [0.15, 0.2) is 5.96 Å². The second kappa shape index (κ2) is 11.5. The van der Waals surface area contributed by atoms with Gasteiger partial charge in [0, 0.05) is 6.54 Å². The van der Waals surface area contributed by atoms with E-state index in [1.54, 1.807) is 12.1 Å². The maximum atomic E-state index is 13.0. The molecule has 30 heavy (non-hydrogen) atoms. The van der Waals surface area contributed by atoms with Crippen molar-refractivity contribution in [1.82, 2.24) is 15.6 Å². The number of ether oxygens (including phenoxy) is 1. The number of nitrogens with zero attached hydrogens (tertiary/aromatic N) is 2. The number of halogens is 2. The Morgan fingerprint density at radius 3 is 2.23 bits per heavy atom. The lowest BCUT2D eigenvalue weighted by Crippen LogP contribution is -2.36. The molecule has 6 nitrogen and oxygen atoms in total. The second-order valence-corrected chi connectivity index (χ2v) is 6.50. The number of hydrogen-bond acceptors (Lipinski definition) is 4. The van der Waals surface area contributed by atoms with Gasteiger partial charge in [-0.05, 0) is 62.7 Å². The van der Waals surface area contributed by atoms with Crippen LogP contribution in [0.4, 0.5) is 4.39 Å². The third-order valence-corrected chi connectivity index (χ3v) is 4.22. The average molecular weight is 524 g/mol. The Morgan fingerprint density at radius 2 is 1.67 bits per heavy atom. The van der Waals surface area contributed by atoms with E-state index in [9.17, 15) is 4.39 Å². The summed E-state index contributed by atoms with van der Waals surface area (Å²) in [5.41, 5.74) is 1.93. The Kier molecular flexibility index (Phi) is 9.10. The molecule has 0 saturated carbocycles. The van der Waals surface area contributed by atoms with Crippen LogP contribution in [-0.4, -0.2) is 17.5 Å². The summed E-state index contributed by atoms with van der Waals surface area (Å²) in [5.74, 6) is 3.13. The Morgan fingerprint density at radius 1 is 1.03 bits per heavy atom. The number of benzene rings is 2. The Balaban J connectivity index is 0.00000320. The van der Waals surface area contributed by atoms with Crippen LogP contribution in [0.5, 0.6) is 11.5 Å². The van der Waals surface area contributed by atoms with Crippen LogP contribution in [0.15, 0.2) is 57.9 Å². The van der Waals surface area contributed by atoms with E-state index in [2.05, 4.69) is 20.6 Å². The summed E-state index contributed by atoms with van der Waals surface area (Å²) in [5, 5.41) is 6.43. The van der Waals surface area contributed by atoms with Gasteiger partial charge < -0.3 is 19.8 Å². The molecule has 0 unspecified atom stereocenters. The third kappa shape index (κ3) is 7.01. The molecule has 0 bridgehead atoms. The highest BCUT2D eigenvalue weighted by molar-refractivity contribution is 14.0. The monoisotopic (exact) mass is 524 g/mol. The van der Waals surface area contributed by atoms with Crippen LogP contribution < -0.4 is 15.4 Å². The molecule has 0 spiro atoms. The van der Waals surface area contributed by atoms with Crippen LogP contribution in [0, 0.1) is 19.7 Å². The molecule has 1 aromatic heterocycles. The Bertz CT molecular complexity index is 937. The molecule has 1 heterocycles. The normalized spacial score (nSPS) is 11.0. The average Bonchev–Trinajstić information content (AvgIpc) is 3.04. The predicted octanol–water partition coefficient (Wildman–Crippen LogP) is 5.10. The minimum Gasteiger partial charge on any atom is -0.457 e. The van der Waals surface area contributed by atoms with E-state index in [-0.39, 0.29) is 29.8 Å². The van der Waals surface area contributed by atoms with E-state index < -0.39 is 0 Å².